The maximum absolute atomic E-state index is 5.32. The van der Waals surface area contributed by atoms with E-state index >= 15 is 0 Å². The summed E-state index contributed by atoms with van der Waals surface area (Å²) in [6.07, 6.45) is 1.67. The topological polar surface area (TPSA) is 63.0 Å². The molecule has 1 aromatic rings. The number of nitrogens with one attached hydrogen (secondary N) is 3. The molecule has 0 spiro atoms. The molecule has 0 atom stereocenters. The van der Waals surface area contributed by atoms with Crippen molar-refractivity contribution in [2.45, 2.75) is 6.92 Å². The molecule has 0 unspecified atom stereocenters. The van der Waals surface area contributed by atoms with Crippen molar-refractivity contribution in [1.29, 1.82) is 0 Å². The summed E-state index contributed by atoms with van der Waals surface area (Å²) in [7, 11) is 0. The highest BCUT2D eigenvalue weighted by molar-refractivity contribution is 7.80. The fourth-order valence-corrected chi connectivity index (χ4v) is 2.62. The Balaban J connectivity index is 1.59. The molecule has 1 aromatic heterocycles. The average Bonchev–Trinajstić information content (AvgIpc) is 2.86. The molecule has 0 radical (unpaired) electrons. The van der Waals surface area contributed by atoms with Gasteiger partial charge in [0.2, 0.25) is 0 Å². The molecule has 0 bridgehead atoms. The summed E-state index contributed by atoms with van der Waals surface area (Å²) in [5.41, 5.74) is 3.65. The van der Waals surface area contributed by atoms with Crippen LogP contribution >= 0.6 is 23.6 Å². The molecule has 1 aliphatic rings. The highest BCUT2D eigenvalue weighted by atomic mass is 32.1. The molecule has 20 heavy (non-hydrogen) atoms. The predicted octanol–water partition coefficient (Wildman–Crippen LogP) is -0.835. The number of aromatic nitrogens is 1. The second kappa shape index (κ2) is 8.25. The number of hydrogen-bond acceptors (Lipinski definition) is 5. The highest BCUT2D eigenvalue weighted by Crippen LogP contribution is 2.04. The number of thiazole rings is 1. The van der Waals surface area contributed by atoms with Gasteiger partial charge in [0.15, 0.2) is 5.11 Å². The van der Waals surface area contributed by atoms with Gasteiger partial charge in [-0.15, -0.1) is 11.3 Å². The molecule has 1 saturated heterocycles. The molecule has 1 fully saturated rings. The molecule has 0 saturated carbocycles. The zero-order chi connectivity index (χ0) is 14.2. The first-order valence-electron chi connectivity index (χ1n) is 6.64. The molecule has 3 N–H and O–H groups in total. The zero-order valence-corrected chi connectivity index (χ0v) is 13.1. The van der Waals surface area contributed by atoms with Crippen LogP contribution in [0.15, 0.2) is 10.5 Å². The van der Waals surface area contributed by atoms with Gasteiger partial charge >= 0.3 is 0 Å². The van der Waals surface area contributed by atoms with E-state index in [0.29, 0.717) is 5.11 Å². The molecule has 0 aliphatic carbocycles. The van der Waals surface area contributed by atoms with Crippen LogP contribution in [0.1, 0.15) is 10.7 Å². The van der Waals surface area contributed by atoms with Gasteiger partial charge in [-0.1, -0.05) is 0 Å². The Morgan fingerprint density at radius 2 is 2.40 bits per heavy atom. The van der Waals surface area contributed by atoms with Gasteiger partial charge in [-0.3, -0.25) is 5.43 Å². The Kier molecular flexibility index (Phi) is 6.31. The minimum Gasteiger partial charge on any atom is -0.370 e. The van der Waals surface area contributed by atoms with Gasteiger partial charge in [0.25, 0.3) is 0 Å². The summed E-state index contributed by atoms with van der Waals surface area (Å²) < 4.78 is 5.32. The lowest BCUT2D eigenvalue weighted by Crippen LogP contribution is -3.14. The molecule has 2 heterocycles. The van der Waals surface area contributed by atoms with Crippen molar-refractivity contribution < 1.29 is 9.64 Å². The van der Waals surface area contributed by atoms with Crippen molar-refractivity contribution in [3.05, 3.63) is 16.1 Å². The first-order chi connectivity index (χ1) is 9.74. The summed E-state index contributed by atoms with van der Waals surface area (Å²) in [6, 6.07) is 0. The Labute approximate surface area is 128 Å². The van der Waals surface area contributed by atoms with E-state index in [-0.39, 0.29) is 0 Å². The second-order valence-electron chi connectivity index (χ2n) is 4.53. The Bertz CT molecular complexity index is 456. The molecule has 0 amide bonds. The quantitative estimate of drug-likeness (QED) is 0.376. The minimum atomic E-state index is 0.542. The predicted molar refractivity (Wildman–Crippen MR) is 84.6 cm³/mol. The van der Waals surface area contributed by atoms with Crippen LogP contribution in [-0.4, -0.2) is 55.7 Å². The first kappa shape index (κ1) is 15.3. The summed E-state index contributed by atoms with van der Waals surface area (Å²) in [4.78, 5) is 5.83. The SMILES string of the molecule is Cc1nc(/C=N\NC(=S)NCC[NH+]2CCOCC2)cs1. The number of nitrogens with zero attached hydrogens (tertiary/aromatic N) is 2. The Hall–Kier alpha value is -1.09. The van der Waals surface area contributed by atoms with Crippen LogP contribution in [0.3, 0.4) is 0 Å². The van der Waals surface area contributed by atoms with E-state index in [2.05, 4.69) is 20.8 Å². The second-order valence-corrected chi connectivity index (χ2v) is 6.00. The molecule has 0 aromatic carbocycles. The van der Waals surface area contributed by atoms with E-state index in [4.69, 9.17) is 17.0 Å². The van der Waals surface area contributed by atoms with E-state index in [1.54, 1.807) is 22.5 Å². The van der Waals surface area contributed by atoms with Crippen molar-refractivity contribution in [2.24, 2.45) is 5.10 Å². The van der Waals surface area contributed by atoms with Crippen molar-refractivity contribution in [2.75, 3.05) is 39.4 Å². The van der Waals surface area contributed by atoms with Crippen LogP contribution in [0.5, 0.6) is 0 Å². The van der Waals surface area contributed by atoms with Gasteiger partial charge < -0.3 is 15.0 Å². The number of rotatable bonds is 5. The van der Waals surface area contributed by atoms with Gasteiger partial charge in [0.05, 0.1) is 43.2 Å². The lowest BCUT2D eigenvalue weighted by atomic mass is 10.4. The number of morpholine rings is 1. The zero-order valence-electron chi connectivity index (χ0n) is 11.5. The van der Waals surface area contributed by atoms with Crippen LogP contribution in [0.25, 0.3) is 0 Å². The van der Waals surface area contributed by atoms with Gasteiger partial charge in [0, 0.05) is 5.38 Å². The van der Waals surface area contributed by atoms with Crippen LogP contribution in [0.4, 0.5) is 0 Å². The number of hydrazone groups is 1. The average molecular weight is 314 g/mol. The Morgan fingerprint density at radius 1 is 1.60 bits per heavy atom. The van der Waals surface area contributed by atoms with Crippen molar-refractivity contribution in [1.82, 2.24) is 15.7 Å². The van der Waals surface area contributed by atoms with Crippen molar-refractivity contribution in [3.8, 4) is 0 Å². The summed E-state index contributed by atoms with van der Waals surface area (Å²) >= 11 is 6.76. The standard InChI is InChI=1S/C12H19N5OS2/c1-10-15-11(9-20-10)8-14-16-12(19)13-2-3-17-4-6-18-7-5-17/h8-9H,2-7H2,1H3,(H2,13,16,19)/p+1/b14-8-. The monoisotopic (exact) mass is 314 g/mol. The van der Waals surface area contributed by atoms with Crippen molar-refractivity contribution >= 4 is 34.9 Å². The van der Waals surface area contributed by atoms with E-state index in [1.807, 2.05) is 12.3 Å². The van der Waals surface area contributed by atoms with E-state index in [0.717, 1.165) is 50.1 Å². The Morgan fingerprint density at radius 3 is 3.10 bits per heavy atom. The number of quaternary nitrogens is 1. The molecular formula is C12H20N5OS2+. The summed E-state index contributed by atoms with van der Waals surface area (Å²) in [5, 5.41) is 10.7. The van der Waals surface area contributed by atoms with E-state index in [9.17, 15) is 0 Å². The smallest absolute Gasteiger partial charge is 0.187 e. The molecule has 6 nitrogen and oxygen atoms in total. The van der Waals surface area contributed by atoms with E-state index < -0.39 is 0 Å². The lowest BCUT2D eigenvalue weighted by Gasteiger charge is -2.23. The number of thiocarbonyl (C=S) groups is 1. The summed E-state index contributed by atoms with van der Waals surface area (Å²) in [6.45, 7) is 7.71. The molecule has 8 heteroatoms. The molecule has 2 rings (SSSR count). The van der Waals surface area contributed by atoms with Gasteiger partial charge in [-0.05, 0) is 19.1 Å². The highest BCUT2D eigenvalue weighted by Gasteiger charge is 2.12. The molecule has 1 aliphatic heterocycles. The van der Waals surface area contributed by atoms with Gasteiger partial charge in [-0.2, -0.15) is 5.10 Å². The normalized spacial score (nSPS) is 16.4. The first-order valence-corrected chi connectivity index (χ1v) is 7.93. The van der Waals surface area contributed by atoms with Crippen LogP contribution in [0.2, 0.25) is 0 Å². The van der Waals surface area contributed by atoms with Crippen molar-refractivity contribution in [3.63, 3.8) is 0 Å². The van der Waals surface area contributed by atoms with E-state index in [1.165, 1.54) is 0 Å². The third-order valence-corrected chi connectivity index (χ3v) is 3.99. The maximum Gasteiger partial charge on any atom is 0.187 e. The number of aryl methyl sites for hydroxylation is 1. The third-order valence-electron chi connectivity index (χ3n) is 2.96. The minimum absolute atomic E-state index is 0.542. The van der Waals surface area contributed by atoms with Crippen LogP contribution in [0, 0.1) is 6.92 Å². The number of hydrogen-bond donors (Lipinski definition) is 3. The van der Waals surface area contributed by atoms with Gasteiger partial charge in [-0.25, -0.2) is 4.98 Å². The fourth-order valence-electron chi connectivity index (χ4n) is 1.90. The van der Waals surface area contributed by atoms with Crippen LogP contribution in [-0.2, 0) is 4.74 Å². The fraction of sp³-hybridized carbons (Fsp3) is 0.583. The number of ether oxygens (including phenoxy) is 1. The maximum atomic E-state index is 5.32. The largest absolute Gasteiger partial charge is 0.370 e. The summed E-state index contributed by atoms with van der Waals surface area (Å²) in [5.74, 6) is 0. The third kappa shape index (κ3) is 5.49. The van der Waals surface area contributed by atoms with Crippen LogP contribution < -0.4 is 15.6 Å². The molecular weight excluding hydrogens is 294 g/mol. The lowest BCUT2D eigenvalue weighted by molar-refractivity contribution is -0.906. The molecule has 110 valence electrons. The van der Waals surface area contributed by atoms with Gasteiger partial charge in [0.1, 0.15) is 13.1 Å².